The number of thioether (sulfide) groups is 1. The third-order valence-electron chi connectivity index (χ3n) is 1.01. The van der Waals surface area contributed by atoms with Crippen molar-refractivity contribution in [3.8, 4) is 0 Å². The average Bonchev–Trinajstić information content (AvgIpc) is 1.91. The van der Waals surface area contributed by atoms with Crippen molar-refractivity contribution < 1.29 is 0 Å². The van der Waals surface area contributed by atoms with Crippen LogP contribution in [0.3, 0.4) is 0 Å². The molecule has 0 atom stereocenters. The Hall–Kier alpha value is -0.430. The van der Waals surface area contributed by atoms with Crippen molar-refractivity contribution in [1.29, 1.82) is 0 Å². The summed E-state index contributed by atoms with van der Waals surface area (Å²) < 4.78 is 0. The van der Waals surface area contributed by atoms with Gasteiger partial charge >= 0.3 is 0 Å². The Morgan fingerprint density at radius 1 is 1.22 bits per heavy atom. The highest BCUT2D eigenvalue weighted by atomic mass is 32.2. The van der Waals surface area contributed by atoms with Crippen LogP contribution in [-0.4, -0.2) is 5.75 Å². The van der Waals surface area contributed by atoms with Crippen molar-refractivity contribution in [3.05, 3.63) is 37.3 Å². The van der Waals surface area contributed by atoms with Crippen LogP contribution < -0.4 is 0 Å². The van der Waals surface area contributed by atoms with Crippen molar-refractivity contribution in [1.82, 2.24) is 0 Å². The van der Waals surface area contributed by atoms with E-state index in [1.807, 2.05) is 18.2 Å². The lowest BCUT2D eigenvalue weighted by molar-refractivity contribution is 1.46. The van der Waals surface area contributed by atoms with E-state index in [9.17, 15) is 0 Å². The molecule has 47 valence electrons. The summed E-state index contributed by atoms with van der Waals surface area (Å²) in [7, 11) is 0. The fraction of sp³-hybridized carbons (Fsp3) is 0.125. The normalized spacial score (nSPS) is 9.44. The molecule has 0 bridgehead atoms. The van der Waals surface area contributed by atoms with Gasteiger partial charge in [-0.1, -0.05) is 18.2 Å². The minimum absolute atomic E-state index is 0.907. The predicted octanol–water partition coefficient (Wildman–Crippen LogP) is 2.61. The maximum atomic E-state index is 3.74. The minimum Gasteiger partial charge on any atom is -0.126 e. The highest BCUT2D eigenvalue weighted by Crippen LogP contribution is 2.15. The van der Waals surface area contributed by atoms with E-state index >= 15 is 0 Å². The Morgan fingerprint density at radius 3 is 2.44 bits per heavy atom. The zero-order valence-corrected chi connectivity index (χ0v) is 6.03. The van der Waals surface area contributed by atoms with E-state index in [0.717, 1.165) is 5.75 Å². The Morgan fingerprint density at radius 2 is 1.89 bits per heavy atom. The summed E-state index contributed by atoms with van der Waals surface area (Å²) in [5.74, 6) is 0.907. The topological polar surface area (TPSA) is 0 Å². The van der Waals surface area contributed by atoms with Gasteiger partial charge in [0.1, 0.15) is 0 Å². The predicted molar refractivity (Wildman–Crippen MR) is 42.5 cm³/mol. The highest BCUT2D eigenvalue weighted by Gasteiger charge is 1.84. The lowest BCUT2D eigenvalue weighted by Crippen LogP contribution is -1.68. The van der Waals surface area contributed by atoms with Crippen LogP contribution in [0.2, 0.25) is 0 Å². The maximum Gasteiger partial charge on any atom is 0.00719 e. The average molecular weight is 137 g/mol. The van der Waals surface area contributed by atoms with Gasteiger partial charge in [0.15, 0.2) is 0 Å². The first kappa shape index (κ1) is 6.69. The molecule has 0 aliphatic carbocycles. The molecule has 0 aliphatic heterocycles. The first-order valence-electron chi connectivity index (χ1n) is 2.90. The van der Waals surface area contributed by atoms with Gasteiger partial charge in [-0.3, -0.25) is 0 Å². The Bertz CT molecular complexity index is 157. The SMILES string of the molecule is [CH2]CSc1ccccc1. The van der Waals surface area contributed by atoms with Crippen molar-refractivity contribution in [3.63, 3.8) is 0 Å². The van der Waals surface area contributed by atoms with E-state index < -0.39 is 0 Å². The molecular weight excluding hydrogens is 128 g/mol. The maximum absolute atomic E-state index is 3.74. The standard InChI is InChI=1S/C8H9S/c1-2-9-8-6-4-3-5-7-8/h3-7H,1-2H2. The second-order valence-corrected chi connectivity index (χ2v) is 2.83. The van der Waals surface area contributed by atoms with Gasteiger partial charge < -0.3 is 0 Å². The number of hydrogen-bond acceptors (Lipinski definition) is 1. The van der Waals surface area contributed by atoms with Gasteiger partial charge in [0.2, 0.25) is 0 Å². The van der Waals surface area contributed by atoms with Crippen LogP contribution in [0.5, 0.6) is 0 Å². The van der Waals surface area contributed by atoms with E-state index in [2.05, 4.69) is 19.1 Å². The second-order valence-electron chi connectivity index (χ2n) is 1.66. The van der Waals surface area contributed by atoms with Gasteiger partial charge in [0.05, 0.1) is 0 Å². The molecule has 0 fully saturated rings. The van der Waals surface area contributed by atoms with Gasteiger partial charge in [0, 0.05) is 4.90 Å². The fourth-order valence-corrected chi connectivity index (χ4v) is 1.22. The van der Waals surface area contributed by atoms with Crippen LogP contribution in [0.25, 0.3) is 0 Å². The lowest BCUT2D eigenvalue weighted by Gasteiger charge is -1.93. The summed E-state index contributed by atoms with van der Waals surface area (Å²) in [6.45, 7) is 3.74. The molecule has 1 heteroatoms. The molecular formula is C8H9S. The van der Waals surface area contributed by atoms with Crippen molar-refractivity contribution >= 4 is 11.8 Å². The Kier molecular flexibility index (Phi) is 2.65. The molecule has 1 rings (SSSR count). The molecule has 1 aromatic carbocycles. The van der Waals surface area contributed by atoms with Crippen LogP contribution in [0.15, 0.2) is 35.2 Å². The molecule has 0 nitrogen and oxygen atoms in total. The minimum atomic E-state index is 0.907. The van der Waals surface area contributed by atoms with Crippen LogP contribution >= 0.6 is 11.8 Å². The van der Waals surface area contributed by atoms with Crippen LogP contribution in [0.4, 0.5) is 0 Å². The van der Waals surface area contributed by atoms with E-state index in [-0.39, 0.29) is 0 Å². The molecule has 1 aromatic rings. The number of benzene rings is 1. The summed E-state index contributed by atoms with van der Waals surface area (Å²) in [6, 6.07) is 10.3. The van der Waals surface area contributed by atoms with Crippen molar-refractivity contribution in [2.45, 2.75) is 4.90 Å². The first-order chi connectivity index (χ1) is 4.43. The summed E-state index contributed by atoms with van der Waals surface area (Å²) in [4.78, 5) is 1.30. The smallest absolute Gasteiger partial charge is 0.00719 e. The molecule has 1 radical (unpaired) electrons. The molecule has 0 heterocycles. The summed E-state index contributed by atoms with van der Waals surface area (Å²) in [5.41, 5.74) is 0. The summed E-state index contributed by atoms with van der Waals surface area (Å²) in [5, 5.41) is 0. The monoisotopic (exact) mass is 137 g/mol. The van der Waals surface area contributed by atoms with E-state index in [1.165, 1.54) is 4.90 Å². The molecule has 0 amide bonds. The second kappa shape index (κ2) is 3.57. The summed E-state index contributed by atoms with van der Waals surface area (Å²) >= 11 is 1.76. The van der Waals surface area contributed by atoms with Crippen molar-refractivity contribution in [2.75, 3.05) is 5.75 Å². The quantitative estimate of drug-likeness (QED) is 0.565. The van der Waals surface area contributed by atoms with E-state index in [1.54, 1.807) is 11.8 Å². The molecule has 0 N–H and O–H groups in total. The fourth-order valence-electron chi connectivity index (χ4n) is 0.635. The van der Waals surface area contributed by atoms with Crippen LogP contribution in [-0.2, 0) is 0 Å². The first-order valence-corrected chi connectivity index (χ1v) is 3.89. The molecule has 0 saturated heterocycles. The van der Waals surface area contributed by atoms with Gasteiger partial charge in [0.25, 0.3) is 0 Å². The zero-order valence-electron chi connectivity index (χ0n) is 5.21. The van der Waals surface area contributed by atoms with Gasteiger partial charge in [-0.05, 0) is 24.8 Å². The third-order valence-corrected chi connectivity index (χ3v) is 1.82. The Labute approximate surface area is 60.3 Å². The molecule has 0 aromatic heterocycles. The Balaban J connectivity index is 2.61. The van der Waals surface area contributed by atoms with Gasteiger partial charge in [-0.2, -0.15) is 0 Å². The largest absolute Gasteiger partial charge is 0.126 e. The molecule has 0 unspecified atom stereocenters. The van der Waals surface area contributed by atoms with Gasteiger partial charge in [-0.25, -0.2) is 0 Å². The summed E-state index contributed by atoms with van der Waals surface area (Å²) in [6.07, 6.45) is 0. The van der Waals surface area contributed by atoms with Crippen molar-refractivity contribution in [2.24, 2.45) is 0 Å². The highest BCUT2D eigenvalue weighted by molar-refractivity contribution is 7.99. The molecule has 0 spiro atoms. The molecule has 0 aliphatic rings. The van der Waals surface area contributed by atoms with Gasteiger partial charge in [-0.15, -0.1) is 11.8 Å². The van der Waals surface area contributed by atoms with Crippen LogP contribution in [0, 0.1) is 6.92 Å². The zero-order chi connectivity index (χ0) is 6.53. The number of hydrogen-bond donors (Lipinski definition) is 0. The third kappa shape index (κ3) is 2.10. The van der Waals surface area contributed by atoms with Crippen LogP contribution in [0.1, 0.15) is 0 Å². The molecule has 9 heavy (non-hydrogen) atoms. The lowest BCUT2D eigenvalue weighted by atomic mass is 10.4. The molecule has 0 saturated carbocycles. The van der Waals surface area contributed by atoms with E-state index in [4.69, 9.17) is 0 Å². The van der Waals surface area contributed by atoms with E-state index in [0.29, 0.717) is 0 Å². The number of rotatable bonds is 2.